The van der Waals surface area contributed by atoms with Gasteiger partial charge in [0.15, 0.2) is 5.60 Å². The minimum Gasteiger partial charge on any atom is -0.461 e. The van der Waals surface area contributed by atoms with Gasteiger partial charge in [0.1, 0.15) is 6.61 Å². The predicted octanol–water partition coefficient (Wildman–Crippen LogP) is 4.61. The highest BCUT2D eigenvalue weighted by atomic mass is 16.6. The number of esters is 2. The minimum atomic E-state index is -1.10. The Morgan fingerprint density at radius 3 is 2.00 bits per heavy atom. The molecule has 5 nitrogen and oxygen atoms in total. The molecule has 0 aromatic carbocycles. The fourth-order valence-corrected chi connectivity index (χ4v) is 3.83. The van der Waals surface area contributed by atoms with Crippen molar-refractivity contribution in [2.75, 3.05) is 13.2 Å². The number of hydrogen-bond donors (Lipinski definition) is 1. The predicted molar refractivity (Wildman–Crippen MR) is 104 cm³/mol. The van der Waals surface area contributed by atoms with Gasteiger partial charge in [0.05, 0.1) is 6.61 Å². The van der Waals surface area contributed by atoms with Gasteiger partial charge in [-0.2, -0.15) is 0 Å². The third kappa shape index (κ3) is 8.04. The van der Waals surface area contributed by atoms with Gasteiger partial charge in [-0.1, -0.05) is 70.3 Å². The van der Waals surface area contributed by atoms with E-state index < -0.39 is 5.60 Å². The van der Waals surface area contributed by atoms with Crippen LogP contribution in [0.5, 0.6) is 0 Å². The largest absolute Gasteiger partial charge is 0.461 e. The van der Waals surface area contributed by atoms with Crippen molar-refractivity contribution in [3.8, 4) is 0 Å². The Labute approximate surface area is 163 Å². The molecule has 2 bridgehead atoms. The number of rotatable bonds is 1. The second-order valence-electron chi connectivity index (χ2n) is 8.08. The van der Waals surface area contributed by atoms with E-state index in [2.05, 4.69) is 0 Å². The zero-order valence-electron chi connectivity index (χ0n) is 16.7. The quantitative estimate of drug-likeness (QED) is 0.673. The SMILES string of the molecule is O=C1CCCCCCCCCCCCCC/C=C2\CC(CO)(CO1)OC2=O. The maximum Gasteiger partial charge on any atom is 0.334 e. The molecule has 154 valence electrons. The van der Waals surface area contributed by atoms with Gasteiger partial charge in [-0.15, -0.1) is 0 Å². The van der Waals surface area contributed by atoms with E-state index in [0.29, 0.717) is 18.4 Å². The van der Waals surface area contributed by atoms with Gasteiger partial charge in [-0.05, 0) is 19.3 Å². The molecule has 2 rings (SSSR count). The number of aliphatic hydroxyl groups excluding tert-OH is 1. The Morgan fingerprint density at radius 2 is 1.41 bits per heavy atom. The number of hydrogen-bond acceptors (Lipinski definition) is 5. The van der Waals surface area contributed by atoms with Crippen LogP contribution in [-0.2, 0) is 19.1 Å². The van der Waals surface area contributed by atoms with E-state index in [9.17, 15) is 14.7 Å². The molecule has 1 atom stereocenters. The first-order valence-electron chi connectivity index (χ1n) is 10.8. The number of cyclic esters (lactones) is 1. The Kier molecular flexibility index (Phi) is 9.89. The van der Waals surface area contributed by atoms with Crippen molar-refractivity contribution in [2.45, 2.75) is 102 Å². The van der Waals surface area contributed by atoms with Crippen molar-refractivity contribution in [1.82, 2.24) is 0 Å². The Hall–Kier alpha value is -1.36. The van der Waals surface area contributed by atoms with E-state index in [4.69, 9.17) is 9.47 Å². The van der Waals surface area contributed by atoms with E-state index in [1.54, 1.807) is 0 Å². The average molecular weight is 381 g/mol. The van der Waals surface area contributed by atoms with Crippen molar-refractivity contribution in [3.05, 3.63) is 11.6 Å². The molecule has 0 saturated carbocycles. The summed E-state index contributed by atoms with van der Waals surface area (Å²) in [5.74, 6) is -0.663. The lowest BCUT2D eigenvalue weighted by atomic mass is 9.98. The molecular formula is C22H36O5. The molecule has 1 saturated heterocycles. The van der Waals surface area contributed by atoms with Crippen molar-refractivity contribution in [1.29, 1.82) is 0 Å². The summed E-state index contributed by atoms with van der Waals surface area (Å²) in [5, 5.41) is 9.72. The standard InChI is InChI=1S/C22H36O5/c23-17-22-16-19(21(25)27-22)14-12-10-8-6-4-2-1-3-5-7-9-11-13-15-20(24)26-18-22/h14,23H,1-13,15-18H2/b19-14+. The third-order valence-corrected chi connectivity index (χ3v) is 5.59. The van der Waals surface area contributed by atoms with E-state index in [-0.39, 0.29) is 25.2 Å². The summed E-state index contributed by atoms with van der Waals surface area (Å²) >= 11 is 0. The number of carbonyl (C=O) groups is 2. The molecule has 5 heteroatoms. The van der Waals surface area contributed by atoms with Crippen molar-refractivity contribution >= 4 is 11.9 Å². The van der Waals surface area contributed by atoms with Crippen LogP contribution in [0.2, 0.25) is 0 Å². The van der Waals surface area contributed by atoms with E-state index in [1.165, 1.54) is 57.8 Å². The van der Waals surface area contributed by atoms with Crippen LogP contribution >= 0.6 is 0 Å². The smallest absolute Gasteiger partial charge is 0.334 e. The summed E-state index contributed by atoms with van der Waals surface area (Å²) in [5.41, 5.74) is -0.497. The highest BCUT2D eigenvalue weighted by Crippen LogP contribution is 2.31. The Balaban J connectivity index is 1.88. The summed E-state index contributed by atoms with van der Waals surface area (Å²) in [6, 6.07) is 0. The van der Waals surface area contributed by atoms with Gasteiger partial charge in [-0.25, -0.2) is 4.79 Å². The average Bonchev–Trinajstić information content (AvgIpc) is 2.99. The van der Waals surface area contributed by atoms with Crippen LogP contribution in [-0.4, -0.2) is 35.9 Å². The Morgan fingerprint density at radius 1 is 0.852 bits per heavy atom. The zero-order chi connectivity index (χ0) is 19.4. The lowest BCUT2D eigenvalue weighted by molar-refractivity contribution is -0.166. The van der Waals surface area contributed by atoms with Crippen molar-refractivity contribution in [3.63, 3.8) is 0 Å². The number of fused-ring (bicyclic) bond motifs is 2. The molecule has 0 aromatic rings. The van der Waals surface area contributed by atoms with Crippen LogP contribution in [0.4, 0.5) is 0 Å². The fraction of sp³-hybridized carbons (Fsp3) is 0.818. The minimum absolute atomic E-state index is 0.0641. The first kappa shape index (κ1) is 21.9. The molecule has 2 aliphatic heterocycles. The number of ether oxygens (including phenoxy) is 2. The summed E-state index contributed by atoms with van der Waals surface area (Å²) in [7, 11) is 0. The normalized spacial score (nSPS) is 29.7. The first-order valence-corrected chi connectivity index (χ1v) is 10.8. The maximum absolute atomic E-state index is 12.1. The molecule has 2 heterocycles. The summed E-state index contributed by atoms with van der Waals surface area (Å²) in [6.45, 7) is -0.394. The summed E-state index contributed by atoms with van der Waals surface area (Å²) in [4.78, 5) is 24.1. The lowest BCUT2D eigenvalue weighted by Crippen LogP contribution is -2.39. The van der Waals surface area contributed by atoms with E-state index in [0.717, 1.165) is 25.7 Å². The van der Waals surface area contributed by atoms with Crippen LogP contribution < -0.4 is 0 Å². The number of allylic oxidation sites excluding steroid dienone is 1. The second kappa shape index (κ2) is 12.2. The van der Waals surface area contributed by atoms with Gasteiger partial charge in [0.2, 0.25) is 0 Å². The zero-order valence-corrected chi connectivity index (χ0v) is 16.7. The van der Waals surface area contributed by atoms with Crippen LogP contribution in [0, 0.1) is 0 Å². The monoisotopic (exact) mass is 380 g/mol. The lowest BCUT2D eigenvalue weighted by Gasteiger charge is -2.24. The molecule has 0 spiro atoms. The maximum atomic E-state index is 12.1. The molecule has 0 aliphatic carbocycles. The van der Waals surface area contributed by atoms with E-state index >= 15 is 0 Å². The summed E-state index contributed by atoms with van der Waals surface area (Å²) < 4.78 is 10.7. The Bertz CT molecular complexity index is 499. The van der Waals surface area contributed by atoms with Crippen LogP contribution in [0.1, 0.15) is 96.3 Å². The topological polar surface area (TPSA) is 72.8 Å². The molecule has 0 amide bonds. The van der Waals surface area contributed by atoms with Gasteiger partial charge in [0.25, 0.3) is 0 Å². The number of carbonyl (C=O) groups excluding carboxylic acids is 2. The van der Waals surface area contributed by atoms with Gasteiger partial charge in [-0.3, -0.25) is 4.79 Å². The first-order chi connectivity index (χ1) is 13.2. The van der Waals surface area contributed by atoms with Gasteiger partial charge in [0, 0.05) is 18.4 Å². The molecule has 1 unspecified atom stereocenters. The highest BCUT2D eigenvalue weighted by molar-refractivity contribution is 5.91. The molecule has 1 fully saturated rings. The van der Waals surface area contributed by atoms with Crippen molar-refractivity contribution < 1.29 is 24.2 Å². The fourth-order valence-electron chi connectivity index (χ4n) is 3.83. The van der Waals surface area contributed by atoms with Gasteiger partial charge < -0.3 is 14.6 Å². The molecule has 27 heavy (non-hydrogen) atoms. The number of aliphatic hydroxyl groups is 1. The molecule has 1 N–H and O–H groups in total. The van der Waals surface area contributed by atoms with Crippen molar-refractivity contribution in [2.24, 2.45) is 0 Å². The molecule has 0 aromatic heterocycles. The van der Waals surface area contributed by atoms with Crippen LogP contribution in [0.25, 0.3) is 0 Å². The van der Waals surface area contributed by atoms with Gasteiger partial charge >= 0.3 is 11.9 Å². The highest BCUT2D eigenvalue weighted by Gasteiger charge is 2.44. The van der Waals surface area contributed by atoms with Crippen LogP contribution in [0.3, 0.4) is 0 Å². The molecule has 2 aliphatic rings. The van der Waals surface area contributed by atoms with E-state index in [1.807, 2.05) is 6.08 Å². The van der Waals surface area contributed by atoms with Crippen LogP contribution in [0.15, 0.2) is 11.6 Å². The second-order valence-corrected chi connectivity index (χ2v) is 8.08. The molecule has 0 radical (unpaired) electrons. The molecular weight excluding hydrogens is 344 g/mol. The summed E-state index contributed by atoms with van der Waals surface area (Å²) in [6.07, 6.45) is 17.8. The third-order valence-electron chi connectivity index (χ3n) is 5.59.